The standard InChI is InChI=1S/C20H15F2N3OS/c21-19(22)26-17-4-2-1-3-15(17)12-24-20-25-16-6-5-14(11-18(16)27-20)13-7-9-23-10-8-13/h1-11,19H,12H2,(H,24,25). The van der Waals surface area contributed by atoms with Crippen LogP contribution in [0, 0.1) is 0 Å². The third kappa shape index (κ3) is 4.03. The molecule has 0 atom stereocenters. The molecule has 0 aliphatic carbocycles. The molecule has 0 radical (unpaired) electrons. The molecule has 0 aliphatic heterocycles. The molecule has 4 nitrogen and oxygen atoms in total. The number of hydrogen-bond acceptors (Lipinski definition) is 5. The molecular formula is C20H15F2N3OS. The quantitative estimate of drug-likeness (QED) is 0.473. The van der Waals surface area contributed by atoms with Crippen LogP contribution in [0.3, 0.4) is 0 Å². The third-order valence-corrected chi connectivity index (χ3v) is 5.00. The zero-order valence-corrected chi connectivity index (χ0v) is 14.9. The first-order valence-electron chi connectivity index (χ1n) is 8.26. The van der Waals surface area contributed by atoms with Crippen LogP contribution in [0.25, 0.3) is 21.3 Å². The Morgan fingerprint density at radius 2 is 1.81 bits per heavy atom. The fourth-order valence-corrected chi connectivity index (χ4v) is 3.66. The Morgan fingerprint density at radius 1 is 1.00 bits per heavy atom. The molecule has 0 saturated carbocycles. The van der Waals surface area contributed by atoms with Crippen LogP contribution in [-0.2, 0) is 6.54 Å². The van der Waals surface area contributed by atoms with Gasteiger partial charge in [0.25, 0.3) is 0 Å². The number of hydrogen-bond donors (Lipinski definition) is 1. The fraction of sp³-hybridized carbons (Fsp3) is 0.100. The van der Waals surface area contributed by atoms with Crippen LogP contribution >= 0.6 is 11.3 Å². The molecule has 2 heterocycles. The van der Waals surface area contributed by atoms with Crippen LogP contribution in [0.5, 0.6) is 5.75 Å². The van der Waals surface area contributed by atoms with Gasteiger partial charge in [-0.25, -0.2) is 4.98 Å². The van der Waals surface area contributed by atoms with Crippen molar-refractivity contribution in [3.8, 4) is 16.9 Å². The minimum atomic E-state index is -2.85. The van der Waals surface area contributed by atoms with Gasteiger partial charge in [0.1, 0.15) is 5.75 Å². The van der Waals surface area contributed by atoms with Crippen LogP contribution in [0.4, 0.5) is 13.9 Å². The first kappa shape index (κ1) is 17.4. The van der Waals surface area contributed by atoms with E-state index in [2.05, 4.69) is 26.1 Å². The highest BCUT2D eigenvalue weighted by atomic mass is 32.1. The SMILES string of the molecule is FC(F)Oc1ccccc1CNc1nc2ccc(-c3ccncc3)cc2s1. The number of aromatic nitrogens is 2. The van der Waals surface area contributed by atoms with E-state index in [1.165, 1.54) is 17.4 Å². The topological polar surface area (TPSA) is 47.0 Å². The number of pyridine rings is 1. The zero-order chi connectivity index (χ0) is 18.6. The summed E-state index contributed by atoms with van der Waals surface area (Å²) in [5.74, 6) is 0.168. The number of alkyl halides is 2. The second-order valence-electron chi connectivity index (χ2n) is 5.78. The summed E-state index contributed by atoms with van der Waals surface area (Å²) < 4.78 is 30.7. The zero-order valence-electron chi connectivity index (χ0n) is 14.1. The summed E-state index contributed by atoms with van der Waals surface area (Å²) in [7, 11) is 0. The van der Waals surface area contributed by atoms with E-state index in [1.807, 2.05) is 24.3 Å². The van der Waals surface area contributed by atoms with Crippen LogP contribution in [-0.4, -0.2) is 16.6 Å². The number of thiazole rings is 1. The summed E-state index contributed by atoms with van der Waals surface area (Å²) in [6, 6.07) is 16.7. The lowest BCUT2D eigenvalue weighted by Crippen LogP contribution is -2.07. The Bertz CT molecular complexity index is 1050. The molecule has 0 aliphatic rings. The molecule has 27 heavy (non-hydrogen) atoms. The number of fused-ring (bicyclic) bond motifs is 1. The van der Waals surface area contributed by atoms with E-state index in [9.17, 15) is 8.78 Å². The molecule has 1 N–H and O–H groups in total. The minimum Gasteiger partial charge on any atom is -0.434 e. The second kappa shape index (κ2) is 7.67. The Morgan fingerprint density at radius 3 is 2.63 bits per heavy atom. The smallest absolute Gasteiger partial charge is 0.387 e. The molecule has 4 rings (SSSR count). The van der Waals surface area contributed by atoms with Crippen molar-refractivity contribution in [3.63, 3.8) is 0 Å². The minimum absolute atomic E-state index is 0.168. The number of para-hydroxylation sites is 1. The first-order chi connectivity index (χ1) is 13.2. The molecule has 4 aromatic rings. The number of anilines is 1. The van der Waals surface area contributed by atoms with Crippen LogP contribution < -0.4 is 10.1 Å². The van der Waals surface area contributed by atoms with Gasteiger partial charge in [0.2, 0.25) is 0 Å². The predicted molar refractivity (Wildman–Crippen MR) is 103 cm³/mol. The molecular weight excluding hydrogens is 368 g/mol. The van der Waals surface area contributed by atoms with E-state index < -0.39 is 6.61 Å². The van der Waals surface area contributed by atoms with Gasteiger partial charge < -0.3 is 10.1 Å². The van der Waals surface area contributed by atoms with Gasteiger partial charge in [0, 0.05) is 24.5 Å². The Balaban J connectivity index is 1.54. The number of ether oxygens (including phenoxy) is 1. The summed E-state index contributed by atoms with van der Waals surface area (Å²) in [6.45, 7) is -2.50. The van der Waals surface area contributed by atoms with Gasteiger partial charge in [-0.15, -0.1) is 0 Å². The Kier molecular flexibility index (Phi) is 4.93. The van der Waals surface area contributed by atoms with Crippen molar-refractivity contribution in [1.82, 2.24) is 9.97 Å². The highest BCUT2D eigenvalue weighted by molar-refractivity contribution is 7.22. The van der Waals surface area contributed by atoms with Crippen molar-refractivity contribution >= 4 is 26.7 Å². The van der Waals surface area contributed by atoms with E-state index in [0.29, 0.717) is 12.1 Å². The summed E-state index contributed by atoms with van der Waals surface area (Å²) in [5, 5.41) is 3.92. The Hall–Kier alpha value is -3.06. The largest absolute Gasteiger partial charge is 0.434 e. The summed E-state index contributed by atoms with van der Waals surface area (Å²) in [5.41, 5.74) is 3.72. The van der Waals surface area contributed by atoms with Crippen molar-refractivity contribution in [2.24, 2.45) is 0 Å². The highest BCUT2D eigenvalue weighted by Gasteiger charge is 2.10. The summed E-state index contributed by atoms with van der Waals surface area (Å²) in [6.07, 6.45) is 3.52. The average Bonchev–Trinajstić information content (AvgIpc) is 3.09. The highest BCUT2D eigenvalue weighted by Crippen LogP contribution is 2.31. The van der Waals surface area contributed by atoms with Crippen LogP contribution in [0.1, 0.15) is 5.56 Å². The molecule has 0 fully saturated rings. The number of rotatable bonds is 6. The van der Waals surface area contributed by atoms with Gasteiger partial charge in [-0.2, -0.15) is 8.78 Å². The van der Waals surface area contributed by atoms with E-state index in [0.717, 1.165) is 26.5 Å². The second-order valence-corrected chi connectivity index (χ2v) is 6.81. The van der Waals surface area contributed by atoms with Gasteiger partial charge in [0.15, 0.2) is 5.13 Å². The predicted octanol–water partition coefficient (Wildman–Crippen LogP) is 5.57. The lowest BCUT2D eigenvalue weighted by molar-refractivity contribution is -0.0504. The lowest BCUT2D eigenvalue weighted by Gasteiger charge is -2.10. The maximum Gasteiger partial charge on any atom is 0.387 e. The fourth-order valence-electron chi connectivity index (χ4n) is 2.76. The normalized spacial score (nSPS) is 11.1. The Labute approximate surface area is 158 Å². The number of benzene rings is 2. The van der Waals surface area contributed by atoms with Gasteiger partial charge in [-0.1, -0.05) is 35.6 Å². The number of nitrogens with one attached hydrogen (secondary N) is 1. The number of halogens is 2. The van der Waals surface area contributed by atoms with E-state index >= 15 is 0 Å². The van der Waals surface area contributed by atoms with Crippen molar-refractivity contribution in [2.45, 2.75) is 13.2 Å². The van der Waals surface area contributed by atoms with Crippen LogP contribution in [0.2, 0.25) is 0 Å². The molecule has 2 aromatic heterocycles. The average molecular weight is 383 g/mol. The third-order valence-electron chi connectivity index (χ3n) is 4.02. The van der Waals surface area contributed by atoms with Crippen molar-refractivity contribution in [2.75, 3.05) is 5.32 Å². The van der Waals surface area contributed by atoms with Gasteiger partial charge in [0.05, 0.1) is 10.2 Å². The molecule has 7 heteroatoms. The van der Waals surface area contributed by atoms with Crippen LogP contribution in [0.15, 0.2) is 67.0 Å². The van der Waals surface area contributed by atoms with Crippen molar-refractivity contribution in [1.29, 1.82) is 0 Å². The maximum absolute atomic E-state index is 12.5. The van der Waals surface area contributed by atoms with E-state index in [1.54, 1.807) is 30.6 Å². The maximum atomic E-state index is 12.5. The monoisotopic (exact) mass is 383 g/mol. The molecule has 136 valence electrons. The molecule has 2 aromatic carbocycles. The van der Waals surface area contributed by atoms with Crippen molar-refractivity contribution < 1.29 is 13.5 Å². The van der Waals surface area contributed by atoms with E-state index in [4.69, 9.17) is 0 Å². The molecule has 0 unspecified atom stereocenters. The summed E-state index contributed by atoms with van der Waals surface area (Å²) in [4.78, 5) is 8.60. The molecule has 0 saturated heterocycles. The molecule has 0 bridgehead atoms. The van der Waals surface area contributed by atoms with Crippen molar-refractivity contribution in [3.05, 3.63) is 72.6 Å². The summed E-state index contributed by atoms with van der Waals surface area (Å²) >= 11 is 1.52. The van der Waals surface area contributed by atoms with E-state index in [-0.39, 0.29) is 5.75 Å². The number of nitrogens with zero attached hydrogens (tertiary/aromatic N) is 2. The molecule has 0 amide bonds. The lowest BCUT2D eigenvalue weighted by atomic mass is 10.1. The van der Waals surface area contributed by atoms with Gasteiger partial charge >= 0.3 is 6.61 Å². The molecule has 0 spiro atoms. The van der Waals surface area contributed by atoms with Gasteiger partial charge in [-0.05, 0) is 41.5 Å². The first-order valence-corrected chi connectivity index (χ1v) is 9.08. The van der Waals surface area contributed by atoms with Gasteiger partial charge in [-0.3, -0.25) is 4.98 Å².